The molecule has 2 aromatic carbocycles. The Morgan fingerprint density at radius 2 is 1.78 bits per heavy atom. The van der Waals surface area contributed by atoms with Gasteiger partial charge in [-0.05, 0) is 23.8 Å². The topological polar surface area (TPSA) is 83.0 Å². The first kappa shape index (κ1) is 20.4. The van der Waals surface area contributed by atoms with Crippen molar-refractivity contribution in [3.8, 4) is 23.5 Å². The third kappa shape index (κ3) is 3.02. The van der Waals surface area contributed by atoms with E-state index in [1.54, 1.807) is 11.0 Å². The largest absolute Gasteiger partial charge is 0.491 e. The van der Waals surface area contributed by atoms with Crippen LogP contribution in [0, 0.1) is 0 Å². The van der Waals surface area contributed by atoms with Gasteiger partial charge in [0.25, 0.3) is 5.91 Å². The van der Waals surface area contributed by atoms with Crippen molar-refractivity contribution in [2.24, 2.45) is 0 Å². The third-order valence-corrected chi connectivity index (χ3v) is 5.97. The first-order valence-electron chi connectivity index (χ1n) is 10.0. The van der Waals surface area contributed by atoms with Crippen molar-refractivity contribution >= 4 is 17.5 Å². The minimum absolute atomic E-state index is 0.0248. The van der Waals surface area contributed by atoms with Crippen LogP contribution in [0.15, 0.2) is 54.6 Å². The van der Waals surface area contributed by atoms with Gasteiger partial charge in [-0.3, -0.25) is 4.79 Å². The predicted octanol–water partition coefficient (Wildman–Crippen LogP) is 3.07. The van der Waals surface area contributed by atoms with E-state index in [0.717, 1.165) is 11.1 Å². The van der Waals surface area contributed by atoms with Crippen LogP contribution < -0.4 is 18.9 Å². The highest BCUT2D eigenvalue weighted by Crippen LogP contribution is 2.52. The number of rotatable bonds is 5. The second-order valence-electron chi connectivity index (χ2n) is 7.34. The van der Waals surface area contributed by atoms with Crippen molar-refractivity contribution < 1.29 is 23.7 Å². The summed E-state index contributed by atoms with van der Waals surface area (Å²) < 4.78 is 22.6. The number of ether oxygens (including phenoxy) is 4. The highest BCUT2D eigenvalue weighted by atomic mass is 35.5. The van der Waals surface area contributed by atoms with Gasteiger partial charge >= 0.3 is 6.01 Å². The fraction of sp³-hybridized carbons (Fsp3) is 0.261. The van der Waals surface area contributed by atoms with E-state index in [1.807, 2.05) is 42.5 Å². The summed E-state index contributed by atoms with van der Waals surface area (Å²) in [5.74, 6) is 0.968. The van der Waals surface area contributed by atoms with Crippen LogP contribution in [0.5, 0.6) is 23.5 Å². The number of halogens is 1. The second kappa shape index (κ2) is 7.87. The van der Waals surface area contributed by atoms with Gasteiger partial charge in [0.2, 0.25) is 17.9 Å². The van der Waals surface area contributed by atoms with Crippen LogP contribution in [0.4, 0.5) is 0 Å². The lowest BCUT2D eigenvalue weighted by atomic mass is 9.69. The normalized spacial score (nSPS) is 21.4. The molecule has 1 fully saturated rings. The molecule has 0 radical (unpaired) electrons. The van der Waals surface area contributed by atoms with Gasteiger partial charge in [-0.2, -0.15) is 9.97 Å². The van der Waals surface area contributed by atoms with E-state index in [-0.39, 0.29) is 23.7 Å². The molecule has 2 unspecified atom stereocenters. The summed E-state index contributed by atoms with van der Waals surface area (Å²) in [6.45, 7) is 0.743. The number of fused-ring (bicyclic) bond motifs is 3. The summed E-state index contributed by atoms with van der Waals surface area (Å²) in [4.78, 5) is 23.6. The van der Waals surface area contributed by atoms with Gasteiger partial charge < -0.3 is 23.8 Å². The smallest absolute Gasteiger partial charge is 0.323 e. The Kier molecular flexibility index (Phi) is 5.01. The fourth-order valence-electron chi connectivity index (χ4n) is 4.36. The summed E-state index contributed by atoms with van der Waals surface area (Å²) in [6.07, 6.45) is -0.944. The minimum atomic E-state index is -0.964. The zero-order valence-electron chi connectivity index (χ0n) is 17.4. The first-order valence-corrected chi connectivity index (χ1v) is 10.4. The molecule has 3 aromatic rings. The second-order valence-corrected chi connectivity index (χ2v) is 7.78. The highest BCUT2D eigenvalue weighted by molar-refractivity contribution is 6.30. The van der Waals surface area contributed by atoms with E-state index in [4.69, 9.17) is 30.5 Å². The van der Waals surface area contributed by atoms with Gasteiger partial charge in [0.1, 0.15) is 17.9 Å². The van der Waals surface area contributed by atoms with E-state index in [1.165, 1.54) is 20.3 Å². The van der Waals surface area contributed by atoms with Gasteiger partial charge in [-0.25, -0.2) is 0 Å². The fourth-order valence-corrected chi connectivity index (χ4v) is 4.53. The summed E-state index contributed by atoms with van der Waals surface area (Å²) in [5, 5.41) is 0.530. The van der Waals surface area contributed by atoms with Crippen LogP contribution >= 0.6 is 11.6 Å². The number of benzene rings is 2. The van der Waals surface area contributed by atoms with Crippen molar-refractivity contribution in [3.05, 3.63) is 70.7 Å². The van der Waals surface area contributed by atoms with Crippen LogP contribution in [0.2, 0.25) is 5.02 Å². The molecule has 2 aliphatic rings. The van der Waals surface area contributed by atoms with Crippen molar-refractivity contribution in [3.63, 3.8) is 0 Å². The number of hydrogen-bond donors (Lipinski definition) is 0. The molecule has 0 saturated carbocycles. The van der Waals surface area contributed by atoms with E-state index < -0.39 is 11.6 Å². The van der Waals surface area contributed by atoms with Crippen molar-refractivity contribution in [1.82, 2.24) is 14.9 Å². The van der Waals surface area contributed by atoms with Crippen LogP contribution in [-0.2, 0) is 10.3 Å². The van der Waals surface area contributed by atoms with Crippen molar-refractivity contribution in [2.45, 2.75) is 11.6 Å². The summed E-state index contributed by atoms with van der Waals surface area (Å²) in [7, 11) is 2.96. The van der Waals surface area contributed by atoms with Crippen molar-refractivity contribution in [2.75, 3.05) is 27.4 Å². The van der Waals surface area contributed by atoms with E-state index in [2.05, 4.69) is 9.97 Å². The quantitative estimate of drug-likeness (QED) is 0.549. The maximum absolute atomic E-state index is 13.3. The number of amides is 1. The first-order chi connectivity index (χ1) is 15.6. The standard InChI is InChI=1S/C23H20ClN3O5/c1-29-18-13-19(30-2)26-22(25-18)32-20-21(28)27-10-11-31-17-9-8-15(24)12-16(17)23(20,27)14-6-4-3-5-7-14/h3-9,12-13,20H,10-11H2,1-2H3. The minimum Gasteiger partial charge on any atom is -0.491 e. The lowest BCUT2D eigenvalue weighted by Crippen LogP contribution is -2.74. The summed E-state index contributed by atoms with van der Waals surface area (Å²) in [6, 6.07) is 16.6. The number of carbonyl (C=O) groups is 1. The molecule has 5 rings (SSSR count). The Balaban J connectivity index is 1.69. The van der Waals surface area contributed by atoms with Crippen molar-refractivity contribution in [1.29, 1.82) is 0 Å². The molecular formula is C23H20ClN3O5. The number of methoxy groups -OCH3 is 2. The monoisotopic (exact) mass is 453 g/mol. The average Bonchev–Trinajstić information content (AvgIpc) is 2.97. The van der Waals surface area contributed by atoms with Crippen LogP contribution in [0.25, 0.3) is 0 Å². The molecule has 2 aliphatic heterocycles. The Labute approximate surface area is 189 Å². The van der Waals surface area contributed by atoms with E-state index in [9.17, 15) is 4.79 Å². The molecule has 0 N–H and O–H groups in total. The Morgan fingerprint density at radius 1 is 1.06 bits per heavy atom. The number of hydrogen-bond acceptors (Lipinski definition) is 7. The summed E-state index contributed by atoms with van der Waals surface area (Å²) in [5.41, 5.74) is 0.649. The third-order valence-electron chi connectivity index (χ3n) is 5.73. The predicted molar refractivity (Wildman–Crippen MR) is 115 cm³/mol. The molecule has 32 heavy (non-hydrogen) atoms. The highest BCUT2D eigenvalue weighted by Gasteiger charge is 2.66. The molecule has 2 atom stereocenters. The molecule has 0 bridgehead atoms. The van der Waals surface area contributed by atoms with Gasteiger partial charge in [0.05, 0.1) is 26.8 Å². The molecule has 9 heteroatoms. The molecule has 8 nitrogen and oxygen atoms in total. The Hall–Kier alpha value is -3.52. The van der Waals surface area contributed by atoms with E-state index in [0.29, 0.717) is 23.9 Å². The van der Waals surface area contributed by atoms with Gasteiger partial charge in [0, 0.05) is 10.6 Å². The molecular weight excluding hydrogens is 434 g/mol. The van der Waals surface area contributed by atoms with Crippen LogP contribution in [0.3, 0.4) is 0 Å². The molecule has 1 amide bonds. The summed E-state index contributed by atoms with van der Waals surface area (Å²) >= 11 is 6.38. The molecule has 0 aliphatic carbocycles. The molecule has 1 saturated heterocycles. The number of carbonyl (C=O) groups excluding carboxylic acids is 1. The van der Waals surface area contributed by atoms with Crippen LogP contribution in [-0.4, -0.2) is 54.3 Å². The molecule has 164 valence electrons. The Bertz CT molecular complexity index is 1150. The number of aromatic nitrogens is 2. The average molecular weight is 454 g/mol. The SMILES string of the molecule is COc1cc(OC)nc(OC2C(=O)N3CCOc4ccc(Cl)cc4C23c2ccccc2)n1. The van der Waals surface area contributed by atoms with Gasteiger partial charge in [0.15, 0.2) is 0 Å². The maximum atomic E-state index is 13.3. The number of β-lactam (4-membered cyclic amide) rings is 1. The maximum Gasteiger partial charge on any atom is 0.323 e. The molecule has 3 heterocycles. The van der Waals surface area contributed by atoms with Gasteiger partial charge in [-0.15, -0.1) is 0 Å². The lowest BCUT2D eigenvalue weighted by Gasteiger charge is -2.55. The molecule has 0 spiro atoms. The number of nitrogens with zero attached hydrogens (tertiary/aromatic N) is 3. The molecule has 1 aromatic heterocycles. The zero-order chi connectivity index (χ0) is 22.3. The Morgan fingerprint density at radius 3 is 2.47 bits per heavy atom. The zero-order valence-corrected chi connectivity index (χ0v) is 18.2. The lowest BCUT2D eigenvalue weighted by molar-refractivity contribution is -0.177. The van der Waals surface area contributed by atoms with E-state index >= 15 is 0 Å². The van der Waals surface area contributed by atoms with Gasteiger partial charge in [-0.1, -0.05) is 41.9 Å². The van der Waals surface area contributed by atoms with Crippen LogP contribution in [0.1, 0.15) is 11.1 Å².